The Morgan fingerprint density at radius 3 is 2.38 bits per heavy atom. The van der Waals surface area contributed by atoms with Crippen molar-refractivity contribution < 1.29 is 41.7 Å². The van der Waals surface area contributed by atoms with Crippen LogP contribution >= 0.6 is 6.57 Å². The van der Waals surface area contributed by atoms with E-state index in [0.29, 0.717) is 0 Å². The monoisotopic (exact) mass is 306 g/mol. The van der Waals surface area contributed by atoms with Gasteiger partial charge < -0.3 is 24.8 Å². The first-order valence-corrected chi connectivity index (χ1v) is 9.96. The van der Waals surface area contributed by atoms with E-state index in [1.54, 1.807) is 3.88 Å². The molecule has 0 saturated heterocycles. The van der Waals surface area contributed by atoms with Crippen molar-refractivity contribution in [3.63, 3.8) is 0 Å². The fourth-order valence-corrected chi connectivity index (χ4v) is 7.28. The Morgan fingerprint density at radius 1 is 1.12 bits per heavy atom. The summed E-state index contributed by atoms with van der Waals surface area (Å²) in [5.41, 5.74) is 0. The largest absolute Gasteiger partial charge is 1.00 e. The summed E-state index contributed by atoms with van der Waals surface area (Å²) in [5.74, 6) is 0. The minimum absolute atomic E-state index is 0. The van der Waals surface area contributed by atoms with E-state index in [1.807, 2.05) is 0 Å². The summed E-state index contributed by atoms with van der Waals surface area (Å²) in [5, 5.41) is 1.48. The Balaban J connectivity index is 0.00000112. The van der Waals surface area contributed by atoms with Crippen molar-refractivity contribution in [2.24, 2.45) is 0 Å². The molecule has 1 aromatic carbocycles. The van der Waals surface area contributed by atoms with Crippen LogP contribution in [0.1, 0.15) is 6.42 Å². The zero-order valence-corrected chi connectivity index (χ0v) is 12.9. The predicted molar refractivity (Wildman–Crippen MR) is 63.4 cm³/mol. The van der Waals surface area contributed by atoms with Crippen LogP contribution in [0, 0.1) is 0 Å². The molecule has 16 heavy (non-hydrogen) atoms. The van der Waals surface area contributed by atoms with E-state index < -0.39 is 16.9 Å². The molecule has 0 nitrogen and oxygen atoms in total. The smallest absolute Gasteiger partial charge is 1.00 e. The van der Waals surface area contributed by atoms with Gasteiger partial charge in [0.05, 0.1) is 0 Å². The van der Waals surface area contributed by atoms with Gasteiger partial charge in [0.2, 0.25) is 0 Å². The summed E-state index contributed by atoms with van der Waals surface area (Å²) in [4.78, 5) is 4.39. The van der Waals surface area contributed by atoms with Crippen molar-refractivity contribution in [2.75, 3.05) is 0 Å². The topological polar surface area (TPSA) is 0 Å². The maximum atomic E-state index is 4.39. The molecule has 1 aliphatic carbocycles. The zero-order valence-electron chi connectivity index (χ0n) is 8.79. The van der Waals surface area contributed by atoms with Crippen LogP contribution in [-0.4, -0.2) is 4.82 Å². The van der Waals surface area contributed by atoms with E-state index in [0.717, 1.165) is 6.57 Å². The number of rotatable bonds is 3. The van der Waals surface area contributed by atoms with Gasteiger partial charge >= 0.3 is 92.4 Å². The maximum Gasteiger partial charge on any atom is -1.00 e. The van der Waals surface area contributed by atoms with Crippen molar-refractivity contribution in [1.82, 2.24) is 0 Å². The minimum atomic E-state index is -1.18. The van der Waals surface area contributed by atoms with Crippen molar-refractivity contribution in [3.8, 4) is 0 Å². The maximum absolute atomic E-state index is 4.39. The molecule has 2 rings (SSSR count). The molecule has 0 amide bonds. The Morgan fingerprint density at radius 2 is 1.81 bits per heavy atom. The van der Waals surface area contributed by atoms with Crippen LogP contribution in [0.3, 0.4) is 0 Å². The Hall–Kier alpha value is 0.294. The normalized spacial score (nSPS) is 12.6. The molecule has 1 aromatic rings. The number of hydrogen-bond acceptors (Lipinski definition) is 0. The average Bonchev–Trinajstić information content (AvgIpc) is 2.72. The third-order valence-electron chi connectivity index (χ3n) is 2.23. The summed E-state index contributed by atoms with van der Waals surface area (Å²) in [6.45, 7) is 0.959. The molecule has 4 heteroatoms. The van der Waals surface area contributed by atoms with Crippen LogP contribution in [0.5, 0.6) is 0 Å². The average molecular weight is 307 g/mol. The Kier molecular flexibility index (Phi) is 8.55. The van der Waals surface area contributed by atoms with Gasteiger partial charge in [-0.25, -0.2) is 0 Å². The number of hydrogen-bond donors (Lipinski definition) is 0. The van der Waals surface area contributed by atoms with E-state index in [-0.39, 0.29) is 24.8 Å². The van der Waals surface area contributed by atoms with Gasteiger partial charge in [0.15, 0.2) is 0 Å². The molecular weight excluding hydrogens is 294 g/mol. The van der Waals surface area contributed by atoms with Gasteiger partial charge in [-0.1, -0.05) is 0 Å². The summed E-state index contributed by atoms with van der Waals surface area (Å²) < 4.78 is 1.63. The van der Waals surface area contributed by atoms with E-state index in [2.05, 4.69) is 53.4 Å². The summed E-state index contributed by atoms with van der Waals surface area (Å²) in [6.07, 6.45) is 7.85. The van der Waals surface area contributed by atoms with E-state index in [1.165, 1.54) is 11.7 Å². The van der Waals surface area contributed by atoms with Gasteiger partial charge in [-0.3, -0.25) is 0 Å². The van der Waals surface area contributed by atoms with Crippen LogP contribution in [0.25, 0.3) is 0 Å². The quantitative estimate of drug-likeness (QED) is 0.408. The molecule has 0 heterocycles. The molecule has 0 spiro atoms. The van der Waals surface area contributed by atoms with Crippen LogP contribution in [0.2, 0.25) is 0 Å². The van der Waals surface area contributed by atoms with Crippen molar-refractivity contribution >= 4 is 16.7 Å². The molecule has 0 aliphatic heterocycles. The SMILES string of the molecule is [CH2]=[Ti+2]([PH]c1ccccc1)[C]1=CC=CC1.[Cl-].[Cl-]. The van der Waals surface area contributed by atoms with E-state index in [9.17, 15) is 0 Å². The van der Waals surface area contributed by atoms with Crippen molar-refractivity contribution in [3.05, 3.63) is 52.4 Å². The van der Waals surface area contributed by atoms with Gasteiger partial charge in [-0.15, -0.1) is 0 Å². The number of halogens is 2. The first-order valence-electron chi connectivity index (χ1n) is 4.73. The molecule has 0 radical (unpaired) electrons. The van der Waals surface area contributed by atoms with Crippen LogP contribution in [0.15, 0.2) is 52.4 Å². The first-order chi connectivity index (χ1) is 6.86. The summed E-state index contributed by atoms with van der Waals surface area (Å²) in [7, 11) is 0. The summed E-state index contributed by atoms with van der Waals surface area (Å²) >= 11 is -1.18. The molecule has 0 saturated carbocycles. The van der Waals surface area contributed by atoms with Gasteiger partial charge in [-0.2, -0.15) is 0 Å². The number of allylic oxidation sites excluding steroid dienone is 4. The molecule has 1 aliphatic rings. The van der Waals surface area contributed by atoms with Crippen LogP contribution in [0.4, 0.5) is 0 Å². The van der Waals surface area contributed by atoms with Gasteiger partial charge in [0.1, 0.15) is 0 Å². The Labute approximate surface area is 117 Å². The van der Waals surface area contributed by atoms with E-state index >= 15 is 0 Å². The van der Waals surface area contributed by atoms with Crippen molar-refractivity contribution in [1.29, 1.82) is 0 Å². The minimum Gasteiger partial charge on any atom is -1.00 e. The fourth-order valence-electron chi connectivity index (χ4n) is 1.45. The number of benzene rings is 1. The second-order valence-electron chi connectivity index (χ2n) is 3.29. The third kappa shape index (κ3) is 4.66. The molecule has 0 bridgehead atoms. The standard InChI is InChI=1S/C6H6P.C5H5.CH2.2ClH.Ti/c7-6-4-2-1-3-5-6;1-2-4-5-3-1;;;;/h1-5,7H;1-3H,4H2;1H2;2*1H;/q-1;;;;;+3/p-2. The van der Waals surface area contributed by atoms with Gasteiger partial charge in [0.25, 0.3) is 0 Å². The van der Waals surface area contributed by atoms with Crippen molar-refractivity contribution in [2.45, 2.75) is 6.42 Å². The predicted octanol–water partition coefficient (Wildman–Crippen LogP) is -3.19. The molecule has 0 fully saturated rings. The van der Waals surface area contributed by atoms with Crippen LogP contribution < -0.4 is 30.1 Å². The molecule has 84 valence electrons. The van der Waals surface area contributed by atoms with E-state index in [4.69, 9.17) is 0 Å². The molecule has 1 unspecified atom stereocenters. The second kappa shape index (κ2) is 8.39. The second-order valence-corrected chi connectivity index (χ2v) is 10.3. The summed E-state index contributed by atoms with van der Waals surface area (Å²) in [6, 6.07) is 10.8. The first kappa shape index (κ1) is 16.3. The zero-order chi connectivity index (χ0) is 9.80. The van der Waals surface area contributed by atoms with Gasteiger partial charge in [0, 0.05) is 0 Å². The van der Waals surface area contributed by atoms with Crippen LogP contribution in [-0.2, 0) is 16.9 Å². The van der Waals surface area contributed by atoms with Gasteiger partial charge in [-0.05, 0) is 0 Å². The molecule has 0 N–H and O–H groups in total. The Bertz CT molecular complexity index is 399. The molecular formula is C12H13Cl2PTi. The molecule has 0 aromatic heterocycles. The fraction of sp³-hybridized carbons (Fsp3) is 0.0833. The molecule has 1 atom stereocenters. The third-order valence-corrected chi connectivity index (χ3v) is 9.03.